The van der Waals surface area contributed by atoms with Crippen LogP contribution in [0.1, 0.15) is 26.2 Å². The van der Waals surface area contributed by atoms with Gasteiger partial charge in [-0.15, -0.1) is 0 Å². The van der Waals surface area contributed by atoms with Crippen molar-refractivity contribution in [2.24, 2.45) is 10.7 Å². The molecule has 1 rings (SSSR count). The molecule has 1 heterocycles. The molecule has 0 aromatic rings. The third-order valence-corrected chi connectivity index (χ3v) is 3.18. The Hall–Kier alpha value is -0.180. The van der Waals surface area contributed by atoms with Crippen LogP contribution in [0, 0.1) is 0 Å². The van der Waals surface area contributed by atoms with Gasteiger partial charge in [0.05, 0.1) is 5.25 Å². The number of hydrogen-bond acceptors (Lipinski definition) is 2. The van der Waals surface area contributed by atoms with Gasteiger partial charge in [-0.3, -0.25) is 4.99 Å². The Balaban J connectivity index is 2.32. The van der Waals surface area contributed by atoms with Gasteiger partial charge in [-0.2, -0.15) is 11.8 Å². The van der Waals surface area contributed by atoms with Crippen molar-refractivity contribution >= 4 is 17.6 Å². The summed E-state index contributed by atoms with van der Waals surface area (Å²) in [5.41, 5.74) is 5.79. The van der Waals surface area contributed by atoms with Crippen LogP contribution in [0.4, 0.5) is 0 Å². The third kappa shape index (κ3) is 2.73. The monoisotopic (exact) mass is 172 g/mol. The molecule has 0 saturated carbocycles. The molecule has 0 amide bonds. The van der Waals surface area contributed by atoms with E-state index in [2.05, 4.69) is 11.9 Å². The number of hydrogen-bond donors (Lipinski definition) is 1. The summed E-state index contributed by atoms with van der Waals surface area (Å²) in [6, 6.07) is 0. The number of aliphatic imine (C=N–C) groups is 1. The summed E-state index contributed by atoms with van der Waals surface area (Å²) in [7, 11) is 0. The van der Waals surface area contributed by atoms with Crippen LogP contribution < -0.4 is 5.73 Å². The molecule has 0 bridgehead atoms. The first-order chi connectivity index (χ1) is 5.34. The molecule has 2 nitrogen and oxygen atoms in total. The van der Waals surface area contributed by atoms with Crippen LogP contribution in [0.3, 0.4) is 0 Å². The van der Waals surface area contributed by atoms with Crippen molar-refractivity contribution in [1.29, 1.82) is 0 Å². The van der Waals surface area contributed by atoms with Crippen molar-refractivity contribution in [3.63, 3.8) is 0 Å². The molecule has 0 aliphatic carbocycles. The van der Waals surface area contributed by atoms with Crippen LogP contribution in [-0.4, -0.2) is 23.4 Å². The van der Waals surface area contributed by atoms with Gasteiger partial charge in [0.25, 0.3) is 0 Å². The van der Waals surface area contributed by atoms with Crippen LogP contribution in [0.2, 0.25) is 0 Å². The highest BCUT2D eigenvalue weighted by Crippen LogP contribution is 2.25. The average Bonchev–Trinajstić information content (AvgIpc) is 2.52. The molecule has 1 unspecified atom stereocenters. The first-order valence-corrected chi connectivity index (χ1v) is 5.31. The van der Waals surface area contributed by atoms with E-state index in [1.807, 2.05) is 11.8 Å². The van der Waals surface area contributed by atoms with Crippen LogP contribution in [0.5, 0.6) is 0 Å². The molecule has 2 N–H and O–H groups in total. The lowest BCUT2D eigenvalue weighted by atomic mass is 10.2. The minimum atomic E-state index is 0.529. The van der Waals surface area contributed by atoms with E-state index < -0.39 is 0 Å². The smallest absolute Gasteiger partial charge is 0.107 e. The van der Waals surface area contributed by atoms with Gasteiger partial charge in [-0.25, -0.2) is 0 Å². The van der Waals surface area contributed by atoms with E-state index in [4.69, 9.17) is 5.73 Å². The lowest BCUT2D eigenvalue weighted by Gasteiger charge is -2.06. The van der Waals surface area contributed by atoms with Gasteiger partial charge in [0.2, 0.25) is 0 Å². The molecule has 64 valence electrons. The Bertz CT molecular complexity index is 139. The second-order valence-electron chi connectivity index (χ2n) is 2.81. The maximum Gasteiger partial charge on any atom is 0.107 e. The van der Waals surface area contributed by atoms with Crippen molar-refractivity contribution in [2.45, 2.75) is 31.4 Å². The molecule has 1 aliphatic heterocycles. The van der Waals surface area contributed by atoms with E-state index in [9.17, 15) is 0 Å². The Labute approximate surface area is 72.6 Å². The molecule has 1 saturated heterocycles. The number of rotatable bonds is 3. The normalized spacial score (nSPS) is 25.9. The Morgan fingerprint density at radius 3 is 3.09 bits per heavy atom. The van der Waals surface area contributed by atoms with Crippen molar-refractivity contribution in [3.8, 4) is 0 Å². The summed E-state index contributed by atoms with van der Waals surface area (Å²) < 4.78 is 0. The molecule has 1 fully saturated rings. The Morgan fingerprint density at radius 2 is 2.55 bits per heavy atom. The highest BCUT2D eigenvalue weighted by Gasteiger charge is 2.18. The standard InChI is InChI=1S/C8H16N2S/c1-2-5-10-8(9)7-4-3-6-11-7/h7H,2-6H2,1H3,(H2,9,10). The van der Waals surface area contributed by atoms with E-state index in [-0.39, 0.29) is 0 Å². The Morgan fingerprint density at radius 1 is 1.73 bits per heavy atom. The first kappa shape index (κ1) is 8.91. The number of nitrogens with two attached hydrogens (primary N) is 1. The summed E-state index contributed by atoms with van der Waals surface area (Å²) >= 11 is 1.95. The average molecular weight is 172 g/mol. The minimum absolute atomic E-state index is 0.529. The summed E-state index contributed by atoms with van der Waals surface area (Å²) in [5.74, 6) is 2.13. The predicted molar refractivity (Wildman–Crippen MR) is 52.3 cm³/mol. The van der Waals surface area contributed by atoms with Gasteiger partial charge in [-0.1, -0.05) is 6.92 Å². The Kier molecular flexibility index (Phi) is 3.77. The topological polar surface area (TPSA) is 38.4 Å². The zero-order valence-electron chi connectivity index (χ0n) is 7.05. The summed E-state index contributed by atoms with van der Waals surface area (Å²) in [6.45, 7) is 3.02. The fraction of sp³-hybridized carbons (Fsp3) is 0.875. The largest absolute Gasteiger partial charge is 0.387 e. The van der Waals surface area contributed by atoms with Gasteiger partial charge >= 0.3 is 0 Å². The molecule has 3 heteroatoms. The molecule has 0 radical (unpaired) electrons. The maximum atomic E-state index is 5.79. The van der Waals surface area contributed by atoms with Crippen molar-refractivity contribution in [3.05, 3.63) is 0 Å². The highest BCUT2D eigenvalue weighted by molar-refractivity contribution is 8.00. The first-order valence-electron chi connectivity index (χ1n) is 4.26. The fourth-order valence-corrected chi connectivity index (χ4v) is 2.35. The molecule has 1 aliphatic rings. The molecule has 0 spiro atoms. The van der Waals surface area contributed by atoms with Crippen LogP contribution in [0.15, 0.2) is 4.99 Å². The van der Waals surface area contributed by atoms with Gasteiger partial charge in [0.15, 0.2) is 0 Å². The van der Waals surface area contributed by atoms with E-state index in [1.165, 1.54) is 18.6 Å². The predicted octanol–water partition coefficient (Wildman–Crippen LogP) is 1.65. The lowest BCUT2D eigenvalue weighted by molar-refractivity contribution is 0.875. The third-order valence-electron chi connectivity index (χ3n) is 1.78. The van der Waals surface area contributed by atoms with Gasteiger partial charge in [0.1, 0.15) is 5.84 Å². The zero-order valence-corrected chi connectivity index (χ0v) is 7.86. The number of amidine groups is 1. The van der Waals surface area contributed by atoms with Gasteiger partial charge in [-0.05, 0) is 25.0 Å². The quantitative estimate of drug-likeness (QED) is 0.519. The zero-order chi connectivity index (χ0) is 8.10. The molecule has 1 atom stereocenters. The van der Waals surface area contributed by atoms with Crippen LogP contribution >= 0.6 is 11.8 Å². The SMILES string of the molecule is CCCN=C(N)C1CCCS1. The van der Waals surface area contributed by atoms with Crippen molar-refractivity contribution in [1.82, 2.24) is 0 Å². The summed E-state index contributed by atoms with van der Waals surface area (Å²) in [5, 5.41) is 0.529. The summed E-state index contributed by atoms with van der Waals surface area (Å²) in [6.07, 6.45) is 3.62. The minimum Gasteiger partial charge on any atom is -0.387 e. The summed E-state index contributed by atoms with van der Waals surface area (Å²) in [4.78, 5) is 4.30. The number of thioether (sulfide) groups is 1. The maximum absolute atomic E-state index is 5.79. The second-order valence-corrected chi connectivity index (χ2v) is 4.12. The number of nitrogens with zero attached hydrogens (tertiary/aromatic N) is 1. The molecule has 11 heavy (non-hydrogen) atoms. The molecule has 0 aromatic heterocycles. The molecule has 0 aromatic carbocycles. The van der Waals surface area contributed by atoms with E-state index >= 15 is 0 Å². The molecular formula is C8H16N2S. The fourth-order valence-electron chi connectivity index (χ4n) is 1.15. The van der Waals surface area contributed by atoms with E-state index in [0.717, 1.165) is 18.8 Å². The van der Waals surface area contributed by atoms with Crippen molar-refractivity contribution in [2.75, 3.05) is 12.3 Å². The highest BCUT2D eigenvalue weighted by atomic mass is 32.2. The molecular weight excluding hydrogens is 156 g/mol. The van der Waals surface area contributed by atoms with Gasteiger partial charge < -0.3 is 5.73 Å². The van der Waals surface area contributed by atoms with E-state index in [0.29, 0.717) is 5.25 Å². The van der Waals surface area contributed by atoms with Crippen LogP contribution in [0.25, 0.3) is 0 Å². The van der Waals surface area contributed by atoms with Gasteiger partial charge in [0, 0.05) is 6.54 Å². The van der Waals surface area contributed by atoms with Crippen LogP contribution in [-0.2, 0) is 0 Å². The van der Waals surface area contributed by atoms with Crippen molar-refractivity contribution < 1.29 is 0 Å². The van der Waals surface area contributed by atoms with E-state index in [1.54, 1.807) is 0 Å². The lowest BCUT2D eigenvalue weighted by Crippen LogP contribution is -2.24. The second kappa shape index (κ2) is 4.65.